The summed E-state index contributed by atoms with van der Waals surface area (Å²) in [7, 11) is -3.83. The lowest BCUT2D eigenvalue weighted by Gasteiger charge is -2.25. The molecule has 128 valence electrons. The van der Waals surface area contributed by atoms with E-state index in [9.17, 15) is 8.42 Å². The maximum Gasteiger partial charge on any atom is 0.339 e. The van der Waals surface area contributed by atoms with Gasteiger partial charge in [0.15, 0.2) is 0 Å². The molecule has 0 unspecified atom stereocenters. The van der Waals surface area contributed by atoms with Gasteiger partial charge in [0.1, 0.15) is 10.6 Å². The van der Waals surface area contributed by atoms with Crippen molar-refractivity contribution in [1.82, 2.24) is 5.32 Å². The first-order valence-electron chi connectivity index (χ1n) is 8.29. The van der Waals surface area contributed by atoms with E-state index in [-0.39, 0.29) is 4.90 Å². The summed E-state index contributed by atoms with van der Waals surface area (Å²) >= 11 is 0. The number of piperidine rings is 1. The van der Waals surface area contributed by atoms with Crippen LogP contribution in [0.25, 0.3) is 0 Å². The van der Waals surface area contributed by atoms with Crippen LogP contribution < -0.4 is 9.50 Å². The van der Waals surface area contributed by atoms with E-state index in [0.717, 1.165) is 31.5 Å². The Labute approximate surface area is 144 Å². The van der Waals surface area contributed by atoms with Crippen molar-refractivity contribution in [3.8, 4) is 5.75 Å². The average Bonchev–Trinajstić information content (AvgIpc) is 2.57. The van der Waals surface area contributed by atoms with E-state index in [1.165, 1.54) is 5.56 Å². The van der Waals surface area contributed by atoms with Crippen molar-refractivity contribution >= 4 is 10.1 Å². The highest BCUT2D eigenvalue weighted by molar-refractivity contribution is 7.87. The minimum atomic E-state index is -3.83. The molecule has 24 heavy (non-hydrogen) atoms. The van der Waals surface area contributed by atoms with Gasteiger partial charge >= 0.3 is 10.1 Å². The zero-order valence-corrected chi connectivity index (χ0v) is 14.9. The second kappa shape index (κ2) is 6.95. The molecule has 2 aromatic rings. The fraction of sp³-hybridized carbons (Fsp3) is 0.368. The van der Waals surface area contributed by atoms with Crippen molar-refractivity contribution in [2.24, 2.45) is 0 Å². The summed E-state index contributed by atoms with van der Waals surface area (Å²) in [6, 6.07) is 12.6. The smallest absolute Gasteiger partial charge is 0.339 e. The molecule has 0 radical (unpaired) electrons. The Morgan fingerprint density at radius 1 is 1.00 bits per heavy atom. The summed E-state index contributed by atoms with van der Waals surface area (Å²) in [5, 5.41) is 3.36. The lowest BCUT2D eigenvalue weighted by Crippen LogP contribution is -2.27. The third-order valence-corrected chi connectivity index (χ3v) is 6.06. The minimum Gasteiger partial charge on any atom is -0.379 e. The normalized spacial score (nSPS) is 16.1. The van der Waals surface area contributed by atoms with Crippen LogP contribution in [0, 0.1) is 13.8 Å². The number of benzene rings is 2. The van der Waals surface area contributed by atoms with Gasteiger partial charge in [0.25, 0.3) is 0 Å². The second-order valence-electron chi connectivity index (χ2n) is 6.30. The molecule has 0 saturated carbocycles. The highest BCUT2D eigenvalue weighted by Crippen LogP contribution is 2.33. The number of hydrogen-bond acceptors (Lipinski definition) is 4. The van der Waals surface area contributed by atoms with Gasteiger partial charge in [-0.2, -0.15) is 8.42 Å². The van der Waals surface area contributed by atoms with Gasteiger partial charge in [-0.3, -0.25) is 0 Å². The Balaban J connectivity index is 1.92. The Hall–Kier alpha value is -1.85. The topological polar surface area (TPSA) is 55.4 Å². The molecule has 1 N–H and O–H groups in total. The molecule has 1 saturated heterocycles. The number of aryl methyl sites for hydroxylation is 1. The van der Waals surface area contributed by atoms with Crippen LogP contribution in [0.3, 0.4) is 0 Å². The Bertz CT molecular complexity index is 824. The van der Waals surface area contributed by atoms with Gasteiger partial charge in [-0.1, -0.05) is 30.3 Å². The Morgan fingerprint density at radius 3 is 2.42 bits per heavy atom. The van der Waals surface area contributed by atoms with E-state index in [0.29, 0.717) is 17.2 Å². The Morgan fingerprint density at radius 2 is 1.71 bits per heavy atom. The van der Waals surface area contributed by atoms with Crippen molar-refractivity contribution in [3.05, 3.63) is 59.2 Å². The SMILES string of the molecule is Cc1ccccc1S(=O)(=O)Oc1cccc(C2CCNCC2)c1C. The summed E-state index contributed by atoms with van der Waals surface area (Å²) in [5.74, 6) is 0.880. The molecule has 0 atom stereocenters. The lowest BCUT2D eigenvalue weighted by atomic mass is 9.87. The largest absolute Gasteiger partial charge is 0.379 e. The van der Waals surface area contributed by atoms with Gasteiger partial charge in [0.05, 0.1) is 0 Å². The number of hydrogen-bond donors (Lipinski definition) is 1. The fourth-order valence-corrected chi connectivity index (χ4v) is 4.51. The van der Waals surface area contributed by atoms with Crippen LogP contribution in [-0.4, -0.2) is 21.5 Å². The van der Waals surface area contributed by atoms with Crippen molar-refractivity contribution in [1.29, 1.82) is 0 Å². The maximum atomic E-state index is 12.6. The van der Waals surface area contributed by atoms with Gasteiger partial charge in [-0.15, -0.1) is 0 Å². The van der Waals surface area contributed by atoms with Crippen LogP contribution >= 0.6 is 0 Å². The van der Waals surface area contributed by atoms with Gasteiger partial charge in [0, 0.05) is 0 Å². The molecule has 1 aliphatic rings. The maximum absolute atomic E-state index is 12.6. The predicted octanol–water partition coefficient (Wildman–Crippen LogP) is 3.54. The first kappa shape index (κ1) is 17.0. The first-order chi connectivity index (χ1) is 11.5. The zero-order valence-electron chi connectivity index (χ0n) is 14.1. The standard InChI is InChI=1S/C19H23NO3S/c1-14-6-3-4-9-19(14)24(21,22)23-18-8-5-7-17(15(18)2)16-10-12-20-13-11-16/h3-9,16,20H,10-13H2,1-2H3. The summed E-state index contributed by atoms with van der Waals surface area (Å²) in [6.07, 6.45) is 2.13. The molecule has 1 fully saturated rings. The molecule has 0 aliphatic carbocycles. The van der Waals surface area contributed by atoms with Gasteiger partial charge in [-0.25, -0.2) is 0 Å². The van der Waals surface area contributed by atoms with E-state index in [1.807, 2.05) is 19.1 Å². The first-order valence-corrected chi connectivity index (χ1v) is 9.70. The van der Waals surface area contributed by atoms with Crippen LogP contribution in [0.2, 0.25) is 0 Å². The summed E-state index contributed by atoms with van der Waals surface area (Å²) < 4.78 is 30.7. The monoisotopic (exact) mass is 345 g/mol. The molecule has 5 heteroatoms. The van der Waals surface area contributed by atoms with Crippen LogP contribution in [0.1, 0.15) is 35.4 Å². The van der Waals surface area contributed by atoms with Crippen LogP contribution in [0.15, 0.2) is 47.4 Å². The summed E-state index contributed by atoms with van der Waals surface area (Å²) in [5.41, 5.74) is 2.79. The molecule has 1 aliphatic heterocycles. The molecule has 0 bridgehead atoms. The molecule has 2 aromatic carbocycles. The third kappa shape index (κ3) is 3.47. The van der Waals surface area contributed by atoms with Gasteiger partial charge < -0.3 is 9.50 Å². The molecular formula is C19H23NO3S. The van der Waals surface area contributed by atoms with E-state index in [2.05, 4.69) is 11.4 Å². The molecule has 0 spiro atoms. The molecular weight excluding hydrogens is 322 g/mol. The minimum absolute atomic E-state index is 0.219. The summed E-state index contributed by atoms with van der Waals surface area (Å²) in [6.45, 7) is 5.71. The van der Waals surface area contributed by atoms with Gasteiger partial charge in [-0.05, 0) is 74.5 Å². The van der Waals surface area contributed by atoms with E-state index >= 15 is 0 Å². The van der Waals surface area contributed by atoms with E-state index in [4.69, 9.17) is 4.18 Å². The fourth-order valence-electron chi connectivity index (χ4n) is 3.30. The summed E-state index contributed by atoms with van der Waals surface area (Å²) in [4.78, 5) is 0.219. The van der Waals surface area contributed by atoms with Crippen molar-refractivity contribution in [2.45, 2.75) is 37.5 Å². The van der Waals surface area contributed by atoms with Crippen LogP contribution in [0.5, 0.6) is 5.75 Å². The van der Waals surface area contributed by atoms with E-state index in [1.54, 1.807) is 31.2 Å². The van der Waals surface area contributed by atoms with Crippen LogP contribution in [0.4, 0.5) is 0 Å². The predicted molar refractivity (Wildman–Crippen MR) is 95.0 cm³/mol. The molecule has 0 aromatic heterocycles. The quantitative estimate of drug-likeness (QED) is 0.861. The Kier molecular flexibility index (Phi) is 4.92. The second-order valence-corrected chi connectivity index (χ2v) is 7.81. The zero-order chi connectivity index (χ0) is 17.2. The molecule has 0 amide bonds. The van der Waals surface area contributed by atoms with Crippen molar-refractivity contribution < 1.29 is 12.6 Å². The molecule has 3 rings (SSSR count). The lowest BCUT2D eigenvalue weighted by molar-refractivity contribution is 0.454. The number of rotatable bonds is 4. The average molecular weight is 345 g/mol. The number of nitrogens with one attached hydrogen (secondary N) is 1. The van der Waals surface area contributed by atoms with Gasteiger partial charge in [0.2, 0.25) is 0 Å². The van der Waals surface area contributed by atoms with Crippen LogP contribution in [-0.2, 0) is 10.1 Å². The van der Waals surface area contributed by atoms with Crippen molar-refractivity contribution in [2.75, 3.05) is 13.1 Å². The third-order valence-electron chi connectivity index (χ3n) is 4.67. The highest BCUT2D eigenvalue weighted by atomic mass is 32.2. The molecule has 1 heterocycles. The molecule has 4 nitrogen and oxygen atoms in total. The highest BCUT2D eigenvalue weighted by Gasteiger charge is 2.23. The van der Waals surface area contributed by atoms with E-state index < -0.39 is 10.1 Å². The van der Waals surface area contributed by atoms with Crippen molar-refractivity contribution in [3.63, 3.8) is 0 Å².